The number of nitrogens with two attached hydrogens (primary N) is 1. The van der Waals surface area contributed by atoms with Crippen molar-refractivity contribution in [2.45, 2.75) is 33.6 Å². The Bertz CT molecular complexity index is 457. The van der Waals surface area contributed by atoms with Crippen LogP contribution >= 0.6 is 12.2 Å². The first-order chi connectivity index (χ1) is 8.89. The fourth-order valence-electron chi connectivity index (χ4n) is 2.83. The van der Waals surface area contributed by atoms with Crippen LogP contribution in [-0.2, 0) is 0 Å². The monoisotopic (exact) mass is 277 g/mol. The summed E-state index contributed by atoms with van der Waals surface area (Å²) >= 11 is 5.09. The SMILES string of the molecule is CC(C)(C)C1CCN(c2cccnc2C(N)=S)CC1. The van der Waals surface area contributed by atoms with Crippen molar-refractivity contribution >= 4 is 22.9 Å². The average molecular weight is 277 g/mol. The van der Waals surface area contributed by atoms with Gasteiger partial charge in [-0.1, -0.05) is 33.0 Å². The predicted molar refractivity (Wildman–Crippen MR) is 84.5 cm³/mol. The number of aromatic nitrogens is 1. The second kappa shape index (κ2) is 5.45. The lowest BCUT2D eigenvalue weighted by Crippen LogP contribution is -2.39. The van der Waals surface area contributed by atoms with Crippen LogP contribution in [-0.4, -0.2) is 23.1 Å². The Balaban J connectivity index is 2.12. The zero-order valence-electron chi connectivity index (χ0n) is 12.0. The van der Waals surface area contributed by atoms with Crippen LogP contribution in [0.5, 0.6) is 0 Å². The van der Waals surface area contributed by atoms with Gasteiger partial charge in [-0.15, -0.1) is 0 Å². The molecule has 1 aromatic rings. The number of rotatable bonds is 2. The van der Waals surface area contributed by atoms with E-state index in [1.807, 2.05) is 6.07 Å². The van der Waals surface area contributed by atoms with Crippen molar-refractivity contribution in [3.05, 3.63) is 24.0 Å². The van der Waals surface area contributed by atoms with E-state index in [1.165, 1.54) is 12.8 Å². The van der Waals surface area contributed by atoms with Crippen molar-refractivity contribution in [1.29, 1.82) is 0 Å². The first-order valence-corrected chi connectivity index (χ1v) is 7.30. The Hall–Kier alpha value is -1.16. The van der Waals surface area contributed by atoms with Crippen LogP contribution in [0.1, 0.15) is 39.3 Å². The maximum Gasteiger partial charge on any atom is 0.124 e. The number of hydrogen-bond donors (Lipinski definition) is 1. The first-order valence-electron chi connectivity index (χ1n) is 6.89. The molecule has 0 aromatic carbocycles. The maximum absolute atomic E-state index is 5.76. The minimum Gasteiger partial charge on any atom is -0.388 e. The lowest BCUT2D eigenvalue weighted by molar-refractivity contribution is 0.199. The van der Waals surface area contributed by atoms with Crippen molar-refractivity contribution in [2.24, 2.45) is 17.1 Å². The molecule has 0 atom stereocenters. The summed E-state index contributed by atoms with van der Waals surface area (Å²) in [6, 6.07) is 4.02. The van der Waals surface area contributed by atoms with Gasteiger partial charge in [0.2, 0.25) is 0 Å². The van der Waals surface area contributed by atoms with Gasteiger partial charge in [0.05, 0.1) is 5.69 Å². The van der Waals surface area contributed by atoms with Crippen LogP contribution in [0.15, 0.2) is 18.3 Å². The number of thiocarbonyl (C=S) groups is 1. The molecule has 1 aromatic heterocycles. The van der Waals surface area contributed by atoms with Gasteiger partial charge in [0, 0.05) is 19.3 Å². The van der Waals surface area contributed by atoms with Crippen LogP contribution in [0, 0.1) is 11.3 Å². The third kappa shape index (κ3) is 3.24. The van der Waals surface area contributed by atoms with Crippen LogP contribution < -0.4 is 10.6 Å². The minimum atomic E-state index is 0.383. The number of piperidine rings is 1. The molecule has 2 rings (SSSR count). The Kier molecular flexibility index (Phi) is 4.09. The molecule has 0 saturated carbocycles. The van der Waals surface area contributed by atoms with E-state index in [2.05, 4.69) is 36.7 Å². The van der Waals surface area contributed by atoms with E-state index in [1.54, 1.807) is 6.20 Å². The fraction of sp³-hybridized carbons (Fsp3) is 0.600. The zero-order chi connectivity index (χ0) is 14.0. The molecule has 1 saturated heterocycles. The predicted octanol–water partition coefficient (Wildman–Crippen LogP) is 2.98. The highest BCUT2D eigenvalue weighted by atomic mass is 32.1. The Labute approximate surface area is 121 Å². The molecular weight excluding hydrogens is 254 g/mol. The van der Waals surface area contributed by atoms with Crippen LogP contribution in [0.2, 0.25) is 0 Å². The summed E-state index contributed by atoms with van der Waals surface area (Å²) in [6.45, 7) is 9.11. The molecule has 3 nitrogen and oxygen atoms in total. The molecule has 104 valence electrons. The highest BCUT2D eigenvalue weighted by Gasteiger charge is 2.29. The molecule has 2 heterocycles. The molecule has 4 heteroatoms. The minimum absolute atomic E-state index is 0.383. The summed E-state index contributed by atoms with van der Waals surface area (Å²) < 4.78 is 0. The Morgan fingerprint density at radius 3 is 2.53 bits per heavy atom. The number of hydrogen-bond acceptors (Lipinski definition) is 3. The van der Waals surface area contributed by atoms with Gasteiger partial charge in [0.15, 0.2) is 0 Å². The number of nitrogens with zero attached hydrogens (tertiary/aromatic N) is 2. The van der Waals surface area contributed by atoms with Crippen LogP contribution in [0.3, 0.4) is 0 Å². The fourth-order valence-corrected chi connectivity index (χ4v) is 2.99. The summed E-state index contributed by atoms with van der Waals surface area (Å²) in [5.41, 5.74) is 8.00. The van der Waals surface area contributed by atoms with Gasteiger partial charge in [0.25, 0.3) is 0 Å². The largest absolute Gasteiger partial charge is 0.388 e. The molecule has 19 heavy (non-hydrogen) atoms. The average Bonchev–Trinajstić information content (AvgIpc) is 2.38. The third-order valence-corrected chi connectivity index (χ3v) is 4.27. The number of pyridine rings is 1. The summed E-state index contributed by atoms with van der Waals surface area (Å²) in [4.78, 5) is 7.06. The maximum atomic E-state index is 5.76. The van der Waals surface area contributed by atoms with Gasteiger partial charge in [-0.05, 0) is 36.3 Å². The molecule has 0 aliphatic carbocycles. The lowest BCUT2D eigenvalue weighted by atomic mass is 9.75. The van der Waals surface area contributed by atoms with E-state index in [4.69, 9.17) is 18.0 Å². The van der Waals surface area contributed by atoms with Crippen molar-refractivity contribution in [3.8, 4) is 0 Å². The topological polar surface area (TPSA) is 42.2 Å². The molecule has 1 fully saturated rings. The van der Waals surface area contributed by atoms with Crippen molar-refractivity contribution in [2.75, 3.05) is 18.0 Å². The van der Waals surface area contributed by atoms with Gasteiger partial charge in [-0.2, -0.15) is 0 Å². The highest BCUT2D eigenvalue weighted by molar-refractivity contribution is 7.80. The first kappa shape index (κ1) is 14.3. The molecule has 0 radical (unpaired) electrons. The van der Waals surface area contributed by atoms with Gasteiger partial charge >= 0.3 is 0 Å². The van der Waals surface area contributed by atoms with E-state index in [9.17, 15) is 0 Å². The van der Waals surface area contributed by atoms with E-state index >= 15 is 0 Å². The van der Waals surface area contributed by atoms with E-state index in [0.717, 1.165) is 30.4 Å². The smallest absolute Gasteiger partial charge is 0.124 e. The highest BCUT2D eigenvalue weighted by Crippen LogP contribution is 2.35. The van der Waals surface area contributed by atoms with Crippen LogP contribution in [0.25, 0.3) is 0 Å². The van der Waals surface area contributed by atoms with Crippen LogP contribution in [0.4, 0.5) is 5.69 Å². The molecule has 1 aliphatic heterocycles. The summed E-state index contributed by atoms with van der Waals surface area (Å²) in [7, 11) is 0. The number of anilines is 1. The van der Waals surface area contributed by atoms with Gasteiger partial charge in [-0.3, -0.25) is 4.98 Å². The summed E-state index contributed by atoms with van der Waals surface area (Å²) in [5, 5.41) is 0. The molecule has 0 unspecified atom stereocenters. The molecule has 1 aliphatic rings. The molecule has 0 amide bonds. The second-order valence-corrected chi connectivity index (χ2v) is 6.80. The third-order valence-electron chi connectivity index (χ3n) is 4.08. The molecule has 2 N–H and O–H groups in total. The molecular formula is C15H23N3S. The lowest BCUT2D eigenvalue weighted by Gasteiger charge is -2.40. The second-order valence-electron chi connectivity index (χ2n) is 6.36. The molecule has 0 spiro atoms. The van der Waals surface area contributed by atoms with Gasteiger partial charge < -0.3 is 10.6 Å². The molecule has 0 bridgehead atoms. The Morgan fingerprint density at radius 1 is 1.37 bits per heavy atom. The standard InChI is InChI=1S/C15H23N3S/c1-15(2,3)11-6-9-18(10-7-11)12-5-4-8-17-13(12)14(16)19/h4-5,8,11H,6-7,9-10H2,1-3H3,(H2,16,19). The van der Waals surface area contributed by atoms with Crippen molar-refractivity contribution in [1.82, 2.24) is 4.98 Å². The Morgan fingerprint density at radius 2 is 2.00 bits per heavy atom. The summed E-state index contributed by atoms with van der Waals surface area (Å²) in [6.07, 6.45) is 4.18. The van der Waals surface area contributed by atoms with E-state index < -0.39 is 0 Å². The van der Waals surface area contributed by atoms with Crippen molar-refractivity contribution < 1.29 is 0 Å². The van der Waals surface area contributed by atoms with E-state index in [-0.39, 0.29) is 0 Å². The van der Waals surface area contributed by atoms with E-state index in [0.29, 0.717) is 10.4 Å². The van der Waals surface area contributed by atoms with Gasteiger partial charge in [-0.25, -0.2) is 0 Å². The van der Waals surface area contributed by atoms with Crippen molar-refractivity contribution in [3.63, 3.8) is 0 Å². The zero-order valence-corrected chi connectivity index (χ0v) is 12.8. The summed E-state index contributed by atoms with van der Waals surface area (Å²) in [5.74, 6) is 0.786. The van der Waals surface area contributed by atoms with Gasteiger partial charge in [0.1, 0.15) is 10.7 Å². The normalized spacial score (nSPS) is 17.5. The quantitative estimate of drug-likeness (QED) is 0.844.